The van der Waals surface area contributed by atoms with Crippen LogP contribution < -0.4 is 0 Å². The highest BCUT2D eigenvalue weighted by Gasteiger charge is 2.37. The third-order valence-electron chi connectivity index (χ3n) is 2.65. The standard InChI is InChI=1S/C10H21F5Si2/c1-2-3-4-5-8-16(11,12)9-6-7-10-17(13,14)15/h2-10H2,1H3. The van der Waals surface area contributed by atoms with Gasteiger partial charge in [-0.15, -0.1) is 0 Å². The summed E-state index contributed by atoms with van der Waals surface area (Å²) in [6.07, 6.45) is 3.25. The zero-order chi connectivity index (χ0) is 13.4. The van der Waals surface area contributed by atoms with Gasteiger partial charge in [0.2, 0.25) is 0 Å². The Balaban J connectivity index is 3.56. The van der Waals surface area contributed by atoms with Crippen LogP contribution in [0.1, 0.15) is 45.4 Å². The van der Waals surface area contributed by atoms with Crippen LogP contribution in [0.15, 0.2) is 0 Å². The first-order valence-electron chi connectivity index (χ1n) is 6.21. The van der Waals surface area contributed by atoms with Crippen molar-refractivity contribution in [1.29, 1.82) is 0 Å². The topological polar surface area (TPSA) is 0 Å². The second-order valence-electron chi connectivity index (χ2n) is 4.49. The molecule has 0 aromatic carbocycles. The van der Waals surface area contributed by atoms with Crippen LogP contribution in [-0.2, 0) is 0 Å². The third-order valence-corrected chi connectivity index (χ3v) is 5.74. The monoisotopic (exact) mass is 292 g/mol. The van der Waals surface area contributed by atoms with Crippen LogP contribution in [0.2, 0.25) is 18.1 Å². The molecule has 0 aliphatic rings. The zero-order valence-electron chi connectivity index (χ0n) is 10.3. The molecular weight excluding hydrogens is 271 g/mol. The molecule has 0 unspecified atom stereocenters. The number of hydrogen-bond acceptors (Lipinski definition) is 0. The summed E-state index contributed by atoms with van der Waals surface area (Å²) in [4.78, 5) is 0. The van der Waals surface area contributed by atoms with Crippen molar-refractivity contribution in [2.75, 3.05) is 0 Å². The van der Waals surface area contributed by atoms with E-state index in [0.29, 0.717) is 6.42 Å². The van der Waals surface area contributed by atoms with Crippen LogP contribution in [0.5, 0.6) is 0 Å². The second kappa shape index (κ2) is 8.23. The van der Waals surface area contributed by atoms with E-state index in [1.165, 1.54) is 0 Å². The Kier molecular flexibility index (Phi) is 8.27. The Morgan fingerprint density at radius 2 is 1.12 bits per heavy atom. The molecule has 0 aromatic heterocycles. The van der Waals surface area contributed by atoms with Crippen molar-refractivity contribution in [2.45, 2.75) is 63.6 Å². The minimum absolute atomic E-state index is 0.0412. The van der Waals surface area contributed by atoms with Crippen LogP contribution >= 0.6 is 0 Å². The van der Waals surface area contributed by atoms with Crippen molar-refractivity contribution in [2.24, 2.45) is 0 Å². The number of unbranched alkanes of at least 4 members (excludes halogenated alkanes) is 4. The number of hydrogen-bond donors (Lipinski definition) is 0. The SMILES string of the molecule is CCCCCC[Si](F)(F)CCCC[Si](F)(F)F. The summed E-state index contributed by atoms with van der Waals surface area (Å²) < 4.78 is 62.5. The van der Waals surface area contributed by atoms with Crippen LogP contribution in [0.25, 0.3) is 0 Å². The van der Waals surface area contributed by atoms with E-state index in [1.54, 1.807) is 0 Å². The largest absolute Gasteiger partial charge is 0.616 e. The summed E-state index contributed by atoms with van der Waals surface area (Å²) in [5, 5.41) is 0. The quantitative estimate of drug-likeness (QED) is 0.213. The van der Waals surface area contributed by atoms with Crippen molar-refractivity contribution < 1.29 is 20.5 Å². The zero-order valence-corrected chi connectivity index (χ0v) is 12.3. The van der Waals surface area contributed by atoms with E-state index < -0.39 is 23.9 Å². The molecule has 0 saturated carbocycles. The summed E-state index contributed by atoms with van der Waals surface area (Å²) in [6.45, 7) is 2.01. The molecule has 0 bridgehead atoms. The van der Waals surface area contributed by atoms with E-state index >= 15 is 0 Å². The predicted molar refractivity (Wildman–Crippen MR) is 64.8 cm³/mol. The molecule has 104 valence electrons. The highest BCUT2D eigenvalue weighted by atomic mass is 28.5. The molecule has 0 radical (unpaired) electrons. The molecule has 7 heteroatoms. The smallest absolute Gasteiger partial charge is 0.270 e. The summed E-state index contributed by atoms with van der Waals surface area (Å²) >= 11 is 0. The van der Waals surface area contributed by atoms with E-state index in [-0.39, 0.29) is 24.9 Å². The lowest BCUT2D eigenvalue weighted by Gasteiger charge is -2.12. The summed E-state index contributed by atoms with van der Waals surface area (Å²) in [6, 6.07) is -1.10. The first kappa shape index (κ1) is 17.1. The molecule has 0 fully saturated rings. The Bertz CT molecular complexity index is 194. The van der Waals surface area contributed by atoms with Crippen molar-refractivity contribution >= 4 is 17.8 Å². The van der Waals surface area contributed by atoms with Gasteiger partial charge in [-0.05, 0) is 18.5 Å². The van der Waals surface area contributed by atoms with Gasteiger partial charge in [0, 0.05) is 6.04 Å². The molecule has 0 N–H and O–H groups in total. The maximum atomic E-state index is 13.3. The summed E-state index contributed by atoms with van der Waals surface area (Å²) in [5.74, 6) is 0. The van der Waals surface area contributed by atoms with Gasteiger partial charge in [0.15, 0.2) is 0 Å². The lowest BCUT2D eigenvalue weighted by molar-refractivity contribution is 0.461. The fraction of sp³-hybridized carbons (Fsp3) is 1.00. The van der Waals surface area contributed by atoms with E-state index in [9.17, 15) is 20.5 Å². The molecular formula is C10H21F5Si2. The van der Waals surface area contributed by atoms with Gasteiger partial charge in [-0.3, -0.25) is 8.22 Å². The molecule has 0 rings (SSSR count). The normalized spacial score (nSPS) is 13.1. The van der Waals surface area contributed by atoms with Gasteiger partial charge in [0.05, 0.1) is 0 Å². The highest BCUT2D eigenvalue weighted by molar-refractivity contribution is 6.66. The van der Waals surface area contributed by atoms with Crippen LogP contribution in [0, 0.1) is 0 Å². The van der Waals surface area contributed by atoms with Gasteiger partial charge >= 0.3 is 17.8 Å². The van der Waals surface area contributed by atoms with E-state index in [4.69, 9.17) is 0 Å². The second-order valence-corrected chi connectivity index (χ2v) is 8.93. The minimum Gasteiger partial charge on any atom is -0.270 e. The van der Waals surface area contributed by atoms with Crippen molar-refractivity contribution in [3.8, 4) is 0 Å². The fourth-order valence-electron chi connectivity index (χ4n) is 1.64. The lowest BCUT2D eigenvalue weighted by atomic mass is 10.2. The molecule has 0 aromatic rings. The molecule has 0 amide bonds. The Labute approximate surface area is 102 Å². The lowest BCUT2D eigenvalue weighted by Crippen LogP contribution is -2.22. The van der Waals surface area contributed by atoms with Gasteiger partial charge < -0.3 is 0 Å². The van der Waals surface area contributed by atoms with Crippen molar-refractivity contribution in [1.82, 2.24) is 0 Å². The summed E-state index contributed by atoms with van der Waals surface area (Å²) in [7, 11) is -9.72. The van der Waals surface area contributed by atoms with Crippen molar-refractivity contribution in [3.63, 3.8) is 0 Å². The molecule has 0 aliphatic carbocycles. The number of rotatable bonds is 10. The van der Waals surface area contributed by atoms with E-state index in [1.807, 2.05) is 6.92 Å². The van der Waals surface area contributed by atoms with E-state index in [0.717, 1.165) is 19.3 Å². The Morgan fingerprint density at radius 1 is 0.647 bits per heavy atom. The summed E-state index contributed by atoms with van der Waals surface area (Å²) in [5.41, 5.74) is 0. The van der Waals surface area contributed by atoms with Crippen molar-refractivity contribution in [3.05, 3.63) is 0 Å². The van der Waals surface area contributed by atoms with Crippen LogP contribution in [-0.4, -0.2) is 17.8 Å². The van der Waals surface area contributed by atoms with Gasteiger partial charge in [0.1, 0.15) is 0 Å². The molecule has 17 heavy (non-hydrogen) atoms. The first-order chi connectivity index (χ1) is 7.77. The van der Waals surface area contributed by atoms with E-state index in [2.05, 4.69) is 0 Å². The minimum atomic E-state index is -5.52. The molecule has 0 spiro atoms. The van der Waals surface area contributed by atoms with Crippen LogP contribution in [0.3, 0.4) is 0 Å². The number of halogens is 5. The predicted octanol–water partition coefficient (Wildman–Crippen LogP) is 5.58. The molecule has 0 atom stereocenters. The maximum absolute atomic E-state index is 13.3. The molecule has 0 saturated heterocycles. The highest BCUT2D eigenvalue weighted by Crippen LogP contribution is 2.27. The maximum Gasteiger partial charge on any atom is 0.616 e. The molecule has 0 heterocycles. The average molecular weight is 292 g/mol. The first-order valence-corrected chi connectivity index (χ1v) is 10.2. The van der Waals surface area contributed by atoms with Gasteiger partial charge in [0.25, 0.3) is 0 Å². The average Bonchev–Trinajstić information content (AvgIpc) is 2.18. The Morgan fingerprint density at radius 3 is 1.59 bits per heavy atom. The van der Waals surface area contributed by atoms with Gasteiger partial charge in [-0.1, -0.05) is 39.0 Å². The van der Waals surface area contributed by atoms with Gasteiger partial charge in [-0.2, -0.15) is 0 Å². The Hall–Kier alpha value is 0.0838. The van der Waals surface area contributed by atoms with Crippen LogP contribution in [0.4, 0.5) is 20.5 Å². The fourth-order valence-corrected chi connectivity index (χ4v) is 4.08. The molecule has 0 aliphatic heterocycles. The van der Waals surface area contributed by atoms with Gasteiger partial charge in [-0.25, -0.2) is 12.3 Å². The molecule has 0 nitrogen and oxygen atoms in total. The third kappa shape index (κ3) is 12.3.